The highest BCUT2D eigenvalue weighted by Crippen LogP contribution is 2.28. The Morgan fingerprint density at radius 1 is 1.56 bits per heavy atom. The van der Waals surface area contributed by atoms with E-state index in [1.807, 2.05) is 6.92 Å². The molecule has 0 atom stereocenters. The fraction of sp³-hybridized carbons (Fsp3) is 0.364. The fourth-order valence-corrected chi connectivity index (χ4v) is 1.92. The van der Waals surface area contributed by atoms with Gasteiger partial charge in [0.15, 0.2) is 5.82 Å². The third-order valence-electron chi connectivity index (χ3n) is 2.40. The van der Waals surface area contributed by atoms with E-state index in [9.17, 15) is 4.39 Å². The van der Waals surface area contributed by atoms with Gasteiger partial charge in [-0.15, -0.1) is 0 Å². The molecular formula is C11H12BrFN2O. The first-order valence-electron chi connectivity index (χ1n) is 5.06. The van der Waals surface area contributed by atoms with Crippen LogP contribution in [-0.4, -0.2) is 11.7 Å². The maximum atomic E-state index is 13.5. The number of halogens is 2. The molecule has 3 nitrogen and oxygen atoms in total. The van der Waals surface area contributed by atoms with E-state index in [4.69, 9.17) is 4.52 Å². The smallest absolute Gasteiger partial charge is 0.169 e. The zero-order chi connectivity index (χ0) is 11.5. The largest absolute Gasteiger partial charge is 0.363 e. The number of hydrogen-bond acceptors (Lipinski definition) is 3. The van der Waals surface area contributed by atoms with E-state index in [-0.39, 0.29) is 5.83 Å². The van der Waals surface area contributed by atoms with Crippen molar-refractivity contribution >= 4 is 21.7 Å². The Morgan fingerprint density at radius 3 is 3.00 bits per heavy atom. The molecule has 1 heterocycles. The van der Waals surface area contributed by atoms with Gasteiger partial charge in [-0.05, 0) is 35.9 Å². The number of nitrogens with one attached hydrogen (secondary N) is 1. The standard InChI is InChI=1S/C11H12BrFN2O/c1-7-4-11(15-16-7)14-6-8-2-3-9(12)5-10(8)13/h4-5H,2-3,6H2,1H3,(H,14,15). The van der Waals surface area contributed by atoms with Gasteiger partial charge in [-0.3, -0.25) is 0 Å². The van der Waals surface area contributed by atoms with Crippen molar-refractivity contribution in [3.63, 3.8) is 0 Å². The lowest BCUT2D eigenvalue weighted by Gasteiger charge is -2.13. The Kier molecular flexibility index (Phi) is 3.43. The number of rotatable bonds is 3. The van der Waals surface area contributed by atoms with Crippen molar-refractivity contribution in [3.05, 3.63) is 33.8 Å². The molecule has 0 aliphatic heterocycles. The van der Waals surface area contributed by atoms with Crippen LogP contribution >= 0.6 is 15.9 Å². The van der Waals surface area contributed by atoms with Crippen LogP contribution in [0.15, 0.2) is 32.5 Å². The Labute approximate surface area is 102 Å². The molecule has 5 heteroatoms. The molecule has 1 N–H and O–H groups in total. The number of nitrogens with zero attached hydrogens (tertiary/aromatic N) is 1. The summed E-state index contributed by atoms with van der Waals surface area (Å²) >= 11 is 3.29. The summed E-state index contributed by atoms with van der Waals surface area (Å²) in [6.45, 7) is 2.28. The summed E-state index contributed by atoms with van der Waals surface area (Å²) < 4.78 is 19.3. The van der Waals surface area contributed by atoms with Gasteiger partial charge in [0.05, 0.1) is 0 Å². The van der Waals surface area contributed by atoms with E-state index in [0.29, 0.717) is 12.4 Å². The second-order valence-corrected chi connectivity index (χ2v) is 4.74. The molecule has 0 unspecified atom stereocenters. The SMILES string of the molecule is Cc1cc(NCC2=C(F)C=C(Br)CC2)no1. The first kappa shape index (κ1) is 11.4. The average Bonchev–Trinajstić information content (AvgIpc) is 2.63. The molecule has 86 valence electrons. The molecule has 0 spiro atoms. The zero-order valence-corrected chi connectivity index (χ0v) is 10.5. The van der Waals surface area contributed by atoms with Crippen LogP contribution in [-0.2, 0) is 0 Å². The molecule has 1 aliphatic rings. The Bertz CT molecular complexity index is 451. The molecular weight excluding hydrogens is 275 g/mol. The van der Waals surface area contributed by atoms with Crippen molar-refractivity contribution in [1.29, 1.82) is 0 Å². The summed E-state index contributed by atoms with van der Waals surface area (Å²) in [7, 11) is 0. The van der Waals surface area contributed by atoms with Crippen LogP contribution < -0.4 is 5.32 Å². The van der Waals surface area contributed by atoms with Gasteiger partial charge in [0.1, 0.15) is 11.6 Å². The lowest BCUT2D eigenvalue weighted by atomic mass is 10.0. The molecule has 0 amide bonds. The summed E-state index contributed by atoms with van der Waals surface area (Å²) in [4.78, 5) is 0. The highest BCUT2D eigenvalue weighted by Gasteiger charge is 2.12. The molecule has 0 fully saturated rings. The lowest BCUT2D eigenvalue weighted by molar-refractivity contribution is 0.400. The third kappa shape index (κ3) is 2.72. The van der Waals surface area contributed by atoms with Crippen LogP contribution in [0.1, 0.15) is 18.6 Å². The van der Waals surface area contributed by atoms with Crippen molar-refractivity contribution in [2.45, 2.75) is 19.8 Å². The van der Waals surface area contributed by atoms with E-state index >= 15 is 0 Å². The summed E-state index contributed by atoms with van der Waals surface area (Å²) in [6, 6.07) is 1.78. The van der Waals surface area contributed by atoms with Gasteiger partial charge < -0.3 is 9.84 Å². The van der Waals surface area contributed by atoms with Crippen molar-refractivity contribution in [3.8, 4) is 0 Å². The van der Waals surface area contributed by atoms with E-state index in [1.54, 1.807) is 6.07 Å². The number of aryl methyl sites for hydroxylation is 1. The van der Waals surface area contributed by atoms with Crippen LogP contribution in [0.4, 0.5) is 10.2 Å². The van der Waals surface area contributed by atoms with Crippen molar-refractivity contribution in [2.24, 2.45) is 0 Å². The fourth-order valence-electron chi connectivity index (χ4n) is 1.52. The highest BCUT2D eigenvalue weighted by molar-refractivity contribution is 9.11. The van der Waals surface area contributed by atoms with Crippen molar-refractivity contribution < 1.29 is 8.91 Å². The molecule has 0 saturated carbocycles. The van der Waals surface area contributed by atoms with Gasteiger partial charge in [-0.2, -0.15) is 0 Å². The lowest BCUT2D eigenvalue weighted by Crippen LogP contribution is -2.08. The average molecular weight is 287 g/mol. The van der Waals surface area contributed by atoms with Gasteiger partial charge in [-0.25, -0.2) is 4.39 Å². The molecule has 1 aromatic heterocycles. The molecule has 1 aliphatic carbocycles. The second kappa shape index (κ2) is 4.82. The molecule has 1 aromatic rings. The topological polar surface area (TPSA) is 38.1 Å². The first-order valence-corrected chi connectivity index (χ1v) is 5.85. The van der Waals surface area contributed by atoms with Crippen LogP contribution in [0, 0.1) is 6.92 Å². The first-order chi connectivity index (χ1) is 7.65. The summed E-state index contributed by atoms with van der Waals surface area (Å²) in [6.07, 6.45) is 3.10. The van der Waals surface area contributed by atoms with Gasteiger partial charge in [0.2, 0.25) is 0 Å². The van der Waals surface area contributed by atoms with Crippen molar-refractivity contribution in [1.82, 2.24) is 5.16 Å². The Balaban J connectivity index is 1.98. The van der Waals surface area contributed by atoms with Crippen LogP contribution in [0.25, 0.3) is 0 Å². The van der Waals surface area contributed by atoms with E-state index in [2.05, 4.69) is 26.4 Å². The third-order valence-corrected chi connectivity index (χ3v) is 3.02. The predicted molar refractivity (Wildman–Crippen MR) is 64.1 cm³/mol. The summed E-state index contributed by atoms with van der Waals surface area (Å²) in [5.41, 5.74) is 0.767. The highest BCUT2D eigenvalue weighted by atomic mass is 79.9. The number of anilines is 1. The molecule has 0 aromatic carbocycles. The van der Waals surface area contributed by atoms with Crippen LogP contribution in [0.5, 0.6) is 0 Å². The Morgan fingerprint density at radius 2 is 2.38 bits per heavy atom. The van der Waals surface area contributed by atoms with Gasteiger partial charge in [0.25, 0.3) is 0 Å². The number of aromatic nitrogens is 1. The van der Waals surface area contributed by atoms with Crippen molar-refractivity contribution in [2.75, 3.05) is 11.9 Å². The molecule has 16 heavy (non-hydrogen) atoms. The quantitative estimate of drug-likeness (QED) is 0.921. The normalized spacial score (nSPS) is 16.3. The monoisotopic (exact) mass is 286 g/mol. The van der Waals surface area contributed by atoms with Crippen LogP contribution in [0.2, 0.25) is 0 Å². The maximum absolute atomic E-state index is 13.5. The molecule has 0 radical (unpaired) electrons. The van der Waals surface area contributed by atoms with E-state index in [1.165, 1.54) is 6.08 Å². The van der Waals surface area contributed by atoms with Gasteiger partial charge in [0, 0.05) is 12.6 Å². The zero-order valence-electron chi connectivity index (χ0n) is 8.89. The van der Waals surface area contributed by atoms with E-state index < -0.39 is 0 Å². The maximum Gasteiger partial charge on any atom is 0.169 e. The van der Waals surface area contributed by atoms with E-state index in [0.717, 1.165) is 28.7 Å². The molecule has 2 rings (SSSR count). The second-order valence-electron chi connectivity index (χ2n) is 3.72. The molecule has 0 bridgehead atoms. The Hall–Kier alpha value is -1.10. The van der Waals surface area contributed by atoms with Crippen LogP contribution in [0.3, 0.4) is 0 Å². The predicted octanol–water partition coefficient (Wildman–Crippen LogP) is 3.69. The summed E-state index contributed by atoms with van der Waals surface area (Å²) in [5, 5.41) is 6.82. The minimum absolute atomic E-state index is 0.161. The number of hydrogen-bond donors (Lipinski definition) is 1. The summed E-state index contributed by atoms with van der Waals surface area (Å²) in [5.74, 6) is 1.22. The minimum atomic E-state index is -0.161. The van der Waals surface area contributed by atoms with Gasteiger partial charge >= 0.3 is 0 Å². The minimum Gasteiger partial charge on any atom is -0.363 e. The number of allylic oxidation sites excluding steroid dienone is 3. The molecule has 0 saturated heterocycles. The van der Waals surface area contributed by atoms with Gasteiger partial charge in [-0.1, -0.05) is 21.1 Å².